The zero-order valence-corrected chi connectivity index (χ0v) is 9.01. The van der Waals surface area contributed by atoms with E-state index in [1.807, 2.05) is 0 Å². The van der Waals surface area contributed by atoms with E-state index in [0.29, 0.717) is 12.8 Å². The second-order valence-electron chi connectivity index (χ2n) is 4.03. The molecule has 0 radical (unpaired) electrons. The van der Waals surface area contributed by atoms with E-state index in [4.69, 9.17) is 0 Å². The Balaban J connectivity index is 2.64. The lowest BCUT2D eigenvalue weighted by Gasteiger charge is -2.33. The summed E-state index contributed by atoms with van der Waals surface area (Å²) in [7, 11) is 1.66. The summed E-state index contributed by atoms with van der Waals surface area (Å²) in [6.45, 7) is 0.162. The molecule has 0 aromatic carbocycles. The topological polar surface area (TPSA) is 78.4 Å². The minimum Gasteiger partial charge on any atom is -0.480 e. The van der Waals surface area contributed by atoms with Crippen molar-refractivity contribution in [3.05, 3.63) is 0 Å². The van der Waals surface area contributed by atoms with Crippen LogP contribution < -0.4 is 10.6 Å². The maximum atomic E-state index is 11.4. The number of nitrogens with one attached hydrogen (secondary N) is 2. The Hall–Kier alpha value is -1.10. The van der Waals surface area contributed by atoms with Crippen LogP contribution in [0.2, 0.25) is 0 Å². The lowest BCUT2D eigenvalue weighted by molar-refractivity contribution is -0.149. The number of hydrogen-bond donors (Lipinski definition) is 3. The normalized spacial score (nSPS) is 19.5. The zero-order chi connectivity index (χ0) is 11.3. The predicted molar refractivity (Wildman–Crippen MR) is 55.5 cm³/mol. The van der Waals surface area contributed by atoms with Crippen LogP contribution in [0.5, 0.6) is 0 Å². The first-order chi connectivity index (χ1) is 7.10. The molecule has 0 unspecified atom stereocenters. The van der Waals surface area contributed by atoms with E-state index < -0.39 is 11.5 Å². The molecule has 5 nitrogen and oxygen atoms in total. The summed E-state index contributed by atoms with van der Waals surface area (Å²) >= 11 is 0. The summed E-state index contributed by atoms with van der Waals surface area (Å²) in [6, 6.07) is 0. The molecule has 0 aliphatic heterocycles. The minimum atomic E-state index is -1.02. The molecule has 1 rings (SSSR count). The number of hydrogen-bond acceptors (Lipinski definition) is 3. The summed E-state index contributed by atoms with van der Waals surface area (Å²) in [4.78, 5) is 22.6. The summed E-state index contributed by atoms with van der Waals surface area (Å²) < 4.78 is 0. The fourth-order valence-corrected chi connectivity index (χ4v) is 2.02. The zero-order valence-electron chi connectivity index (χ0n) is 9.01. The molecule has 1 fully saturated rings. The number of carboxylic acid groups (broad SMARTS) is 1. The van der Waals surface area contributed by atoms with Gasteiger partial charge in [0.2, 0.25) is 5.91 Å². The van der Waals surface area contributed by atoms with Gasteiger partial charge in [0, 0.05) is 0 Å². The molecule has 0 aromatic rings. The predicted octanol–water partition coefficient (Wildman–Crippen LogP) is 0.109. The number of rotatable bonds is 4. The number of aliphatic carboxylic acids is 1. The largest absolute Gasteiger partial charge is 0.480 e. The van der Waals surface area contributed by atoms with Crippen LogP contribution >= 0.6 is 0 Å². The van der Waals surface area contributed by atoms with Crippen molar-refractivity contribution in [2.75, 3.05) is 13.6 Å². The van der Waals surface area contributed by atoms with Gasteiger partial charge in [-0.05, 0) is 19.9 Å². The molecule has 0 atom stereocenters. The summed E-state index contributed by atoms with van der Waals surface area (Å²) in [6.07, 6.45) is 3.87. The van der Waals surface area contributed by atoms with Crippen molar-refractivity contribution in [2.45, 2.75) is 37.6 Å². The second-order valence-corrected chi connectivity index (χ2v) is 4.03. The van der Waals surface area contributed by atoms with Crippen LogP contribution in [0.4, 0.5) is 0 Å². The Bertz CT molecular complexity index is 247. The Morgan fingerprint density at radius 3 is 2.33 bits per heavy atom. The maximum Gasteiger partial charge on any atom is 0.329 e. The van der Waals surface area contributed by atoms with Gasteiger partial charge in [0.25, 0.3) is 0 Å². The molecular formula is C10H18N2O3. The molecule has 5 heteroatoms. The van der Waals surface area contributed by atoms with Crippen LogP contribution in [-0.2, 0) is 9.59 Å². The van der Waals surface area contributed by atoms with E-state index in [1.165, 1.54) is 0 Å². The third-order valence-electron chi connectivity index (χ3n) is 2.83. The SMILES string of the molecule is CNCC(=O)NC1(C(=O)O)CCCCC1. The Kier molecular flexibility index (Phi) is 4.08. The lowest BCUT2D eigenvalue weighted by Crippen LogP contribution is -2.57. The van der Waals surface area contributed by atoms with Gasteiger partial charge in [0.1, 0.15) is 5.54 Å². The molecule has 1 saturated carbocycles. The van der Waals surface area contributed by atoms with Crippen LogP contribution in [0.1, 0.15) is 32.1 Å². The van der Waals surface area contributed by atoms with E-state index in [1.54, 1.807) is 7.05 Å². The van der Waals surface area contributed by atoms with Gasteiger partial charge in [0.05, 0.1) is 6.54 Å². The third kappa shape index (κ3) is 2.92. The molecule has 0 heterocycles. The molecule has 0 aromatic heterocycles. The summed E-state index contributed by atoms with van der Waals surface area (Å²) in [5.74, 6) is -1.16. The first-order valence-electron chi connectivity index (χ1n) is 5.30. The van der Waals surface area contributed by atoms with Gasteiger partial charge < -0.3 is 15.7 Å². The van der Waals surface area contributed by atoms with Crippen LogP contribution in [0.25, 0.3) is 0 Å². The van der Waals surface area contributed by atoms with Gasteiger partial charge in [-0.2, -0.15) is 0 Å². The van der Waals surface area contributed by atoms with Gasteiger partial charge in [-0.15, -0.1) is 0 Å². The summed E-state index contributed by atoms with van der Waals surface area (Å²) in [5.41, 5.74) is -1.02. The van der Waals surface area contributed by atoms with E-state index in [-0.39, 0.29) is 12.5 Å². The lowest BCUT2D eigenvalue weighted by atomic mass is 9.81. The van der Waals surface area contributed by atoms with Crippen molar-refractivity contribution in [3.63, 3.8) is 0 Å². The molecule has 3 N–H and O–H groups in total. The number of carbonyl (C=O) groups is 2. The van der Waals surface area contributed by atoms with Gasteiger partial charge in [-0.25, -0.2) is 4.79 Å². The monoisotopic (exact) mass is 214 g/mol. The Morgan fingerprint density at radius 1 is 1.27 bits per heavy atom. The molecular weight excluding hydrogens is 196 g/mol. The van der Waals surface area contributed by atoms with Crippen molar-refractivity contribution in [2.24, 2.45) is 0 Å². The average Bonchev–Trinajstić information content (AvgIpc) is 2.19. The highest BCUT2D eigenvalue weighted by Gasteiger charge is 2.40. The smallest absolute Gasteiger partial charge is 0.329 e. The van der Waals surface area contributed by atoms with E-state index >= 15 is 0 Å². The highest BCUT2D eigenvalue weighted by molar-refractivity contribution is 5.87. The standard InChI is InChI=1S/C10H18N2O3/c1-11-7-8(13)12-10(9(14)15)5-3-2-4-6-10/h11H,2-7H2,1H3,(H,12,13)(H,14,15). The Morgan fingerprint density at radius 2 is 1.87 bits per heavy atom. The minimum absolute atomic E-state index is 0.162. The molecule has 0 bridgehead atoms. The van der Waals surface area contributed by atoms with Gasteiger partial charge >= 0.3 is 5.97 Å². The van der Waals surface area contributed by atoms with Gasteiger partial charge in [-0.1, -0.05) is 19.3 Å². The first kappa shape index (κ1) is 12.0. The number of amides is 1. The van der Waals surface area contributed by atoms with E-state index in [9.17, 15) is 14.7 Å². The fraction of sp³-hybridized carbons (Fsp3) is 0.800. The molecule has 86 valence electrons. The maximum absolute atomic E-state index is 11.4. The van der Waals surface area contributed by atoms with Crippen LogP contribution in [0.3, 0.4) is 0 Å². The van der Waals surface area contributed by atoms with Crippen molar-refractivity contribution in [3.8, 4) is 0 Å². The van der Waals surface area contributed by atoms with Crippen molar-refractivity contribution in [1.82, 2.24) is 10.6 Å². The molecule has 1 aliphatic carbocycles. The van der Waals surface area contributed by atoms with Gasteiger partial charge in [-0.3, -0.25) is 4.79 Å². The van der Waals surface area contributed by atoms with Crippen LogP contribution in [0, 0.1) is 0 Å². The fourth-order valence-electron chi connectivity index (χ4n) is 2.02. The van der Waals surface area contributed by atoms with Crippen molar-refractivity contribution >= 4 is 11.9 Å². The van der Waals surface area contributed by atoms with Crippen molar-refractivity contribution in [1.29, 1.82) is 0 Å². The van der Waals surface area contributed by atoms with E-state index in [0.717, 1.165) is 19.3 Å². The molecule has 0 spiro atoms. The molecule has 1 aliphatic rings. The van der Waals surface area contributed by atoms with Crippen LogP contribution in [0.15, 0.2) is 0 Å². The number of likely N-dealkylation sites (N-methyl/N-ethyl adjacent to an activating group) is 1. The highest BCUT2D eigenvalue weighted by atomic mass is 16.4. The molecule has 15 heavy (non-hydrogen) atoms. The summed E-state index contributed by atoms with van der Waals surface area (Å²) in [5, 5.41) is 14.5. The number of carboxylic acids is 1. The quantitative estimate of drug-likeness (QED) is 0.620. The Labute approximate surface area is 89.2 Å². The molecule has 0 saturated heterocycles. The third-order valence-corrected chi connectivity index (χ3v) is 2.83. The first-order valence-corrected chi connectivity index (χ1v) is 5.30. The van der Waals surface area contributed by atoms with Crippen LogP contribution in [-0.4, -0.2) is 36.1 Å². The van der Waals surface area contributed by atoms with E-state index in [2.05, 4.69) is 10.6 Å². The van der Waals surface area contributed by atoms with Gasteiger partial charge in [0.15, 0.2) is 0 Å². The number of carbonyl (C=O) groups excluding carboxylic acids is 1. The second kappa shape index (κ2) is 5.11. The highest BCUT2D eigenvalue weighted by Crippen LogP contribution is 2.28. The average molecular weight is 214 g/mol. The molecule has 1 amide bonds. The van der Waals surface area contributed by atoms with Crippen molar-refractivity contribution < 1.29 is 14.7 Å².